The maximum atomic E-state index is 5.84. The van der Waals surface area contributed by atoms with E-state index < -0.39 is 0 Å². The van der Waals surface area contributed by atoms with Crippen molar-refractivity contribution in [2.45, 2.75) is 39.0 Å². The average molecular weight is 227 g/mol. The summed E-state index contributed by atoms with van der Waals surface area (Å²) in [5, 5.41) is 0. The molecule has 0 saturated heterocycles. The van der Waals surface area contributed by atoms with Gasteiger partial charge in [0.05, 0.1) is 25.6 Å². The molecule has 2 N–H and O–H groups in total. The molecule has 1 aromatic rings. The maximum absolute atomic E-state index is 5.84. The molecule has 0 saturated carbocycles. The van der Waals surface area contributed by atoms with Gasteiger partial charge in [-0.3, -0.25) is 0 Å². The van der Waals surface area contributed by atoms with E-state index >= 15 is 0 Å². The Kier molecular flexibility index (Phi) is 5.52. The van der Waals surface area contributed by atoms with Crippen LogP contribution in [-0.4, -0.2) is 25.4 Å². The zero-order chi connectivity index (χ0) is 12.0. The smallest absolute Gasteiger partial charge is 0.134 e. The second kappa shape index (κ2) is 6.68. The second-order valence-corrected chi connectivity index (χ2v) is 4.09. The van der Waals surface area contributed by atoms with E-state index in [-0.39, 0.29) is 18.2 Å². The quantitative estimate of drug-likeness (QED) is 0.725. The van der Waals surface area contributed by atoms with E-state index in [4.69, 9.17) is 19.6 Å². The third kappa shape index (κ3) is 4.35. The molecule has 0 aliphatic heterocycles. The minimum Gasteiger partial charge on any atom is -0.467 e. The molecule has 16 heavy (non-hydrogen) atoms. The van der Waals surface area contributed by atoms with Crippen molar-refractivity contribution in [3.63, 3.8) is 0 Å². The average Bonchev–Trinajstić information content (AvgIpc) is 2.69. The summed E-state index contributed by atoms with van der Waals surface area (Å²) in [5.41, 5.74) is 5.84. The monoisotopic (exact) mass is 227 g/mol. The van der Waals surface area contributed by atoms with Crippen molar-refractivity contribution < 1.29 is 13.9 Å². The Morgan fingerprint density at radius 1 is 1.25 bits per heavy atom. The molecule has 0 aromatic carbocycles. The van der Waals surface area contributed by atoms with E-state index in [1.54, 1.807) is 6.26 Å². The lowest BCUT2D eigenvalue weighted by molar-refractivity contribution is -0.0273. The summed E-state index contributed by atoms with van der Waals surface area (Å²) in [7, 11) is 0. The molecule has 0 spiro atoms. The van der Waals surface area contributed by atoms with Crippen LogP contribution in [0, 0.1) is 0 Å². The molecule has 1 heterocycles. The molecule has 0 radical (unpaired) electrons. The van der Waals surface area contributed by atoms with Crippen molar-refractivity contribution in [2.75, 3.05) is 13.2 Å². The van der Waals surface area contributed by atoms with Crippen LogP contribution < -0.4 is 5.73 Å². The molecule has 0 amide bonds. The van der Waals surface area contributed by atoms with Crippen molar-refractivity contribution in [1.29, 1.82) is 0 Å². The highest BCUT2D eigenvalue weighted by molar-refractivity contribution is 5.04. The highest BCUT2D eigenvalue weighted by atomic mass is 16.5. The molecule has 2 atom stereocenters. The Labute approximate surface area is 96.7 Å². The minimum absolute atomic E-state index is 0.106. The summed E-state index contributed by atoms with van der Waals surface area (Å²) in [6, 6.07) is 3.60. The molecular formula is C12H21NO3. The summed E-state index contributed by atoms with van der Waals surface area (Å²) < 4.78 is 16.3. The van der Waals surface area contributed by atoms with Crippen molar-refractivity contribution in [2.24, 2.45) is 5.73 Å². The number of hydrogen-bond donors (Lipinski definition) is 1. The van der Waals surface area contributed by atoms with Crippen LogP contribution in [0.3, 0.4) is 0 Å². The zero-order valence-electron chi connectivity index (χ0n) is 10.2. The first-order valence-corrected chi connectivity index (χ1v) is 5.63. The lowest BCUT2D eigenvalue weighted by Crippen LogP contribution is -2.28. The van der Waals surface area contributed by atoms with Gasteiger partial charge in [0.15, 0.2) is 0 Å². The fourth-order valence-electron chi connectivity index (χ4n) is 1.41. The summed E-state index contributed by atoms with van der Waals surface area (Å²) in [5.74, 6) is 0.763. The first kappa shape index (κ1) is 13.2. The standard InChI is InChI=1S/C12H21NO3/c1-9(2)14-7-8-16-12(10(3)13)11-5-4-6-15-11/h4-6,9-10,12H,7-8,13H2,1-3H3. The molecule has 4 heteroatoms. The molecule has 4 nitrogen and oxygen atoms in total. The van der Waals surface area contributed by atoms with E-state index in [0.29, 0.717) is 13.2 Å². The second-order valence-electron chi connectivity index (χ2n) is 4.09. The SMILES string of the molecule is CC(C)OCCOC(c1ccco1)C(C)N. The van der Waals surface area contributed by atoms with E-state index in [9.17, 15) is 0 Å². The molecule has 0 fully saturated rings. The number of hydrogen-bond acceptors (Lipinski definition) is 4. The molecule has 1 aromatic heterocycles. The van der Waals surface area contributed by atoms with E-state index in [1.807, 2.05) is 32.9 Å². The predicted octanol–water partition coefficient (Wildman–Crippen LogP) is 2.11. The fraction of sp³-hybridized carbons (Fsp3) is 0.667. The van der Waals surface area contributed by atoms with Gasteiger partial charge in [-0.15, -0.1) is 0 Å². The lowest BCUT2D eigenvalue weighted by Gasteiger charge is -2.19. The number of nitrogens with two attached hydrogens (primary N) is 1. The molecule has 2 unspecified atom stereocenters. The topological polar surface area (TPSA) is 57.6 Å². The van der Waals surface area contributed by atoms with Gasteiger partial charge in [0.25, 0.3) is 0 Å². The van der Waals surface area contributed by atoms with Gasteiger partial charge < -0.3 is 19.6 Å². The van der Waals surface area contributed by atoms with Crippen LogP contribution in [-0.2, 0) is 9.47 Å². The lowest BCUT2D eigenvalue weighted by atomic mass is 10.1. The number of rotatable bonds is 7. The molecule has 0 aliphatic carbocycles. The molecule has 0 aliphatic rings. The largest absolute Gasteiger partial charge is 0.467 e. The van der Waals surface area contributed by atoms with Crippen molar-refractivity contribution >= 4 is 0 Å². The predicted molar refractivity (Wildman–Crippen MR) is 62.1 cm³/mol. The van der Waals surface area contributed by atoms with Gasteiger partial charge in [0, 0.05) is 6.04 Å². The normalized spacial score (nSPS) is 15.3. The van der Waals surface area contributed by atoms with E-state index in [0.717, 1.165) is 5.76 Å². The third-order valence-electron chi connectivity index (χ3n) is 2.13. The first-order chi connectivity index (χ1) is 7.61. The Balaban J connectivity index is 2.35. The third-order valence-corrected chi connectivity index (χ3v) is 2.13. The molecule has 1 rings (SSSR count). The maximum Gasteiger partial charge on any atom is 0.134 e. The highest BCUT2D eigenvalue weighted by Gasteiger charge is 2.19. The minimum atomic E-state index is -0.203. The summed E-state index contributed by atoms with van der Waals surface area (Å²) in [6.07, 6.45) is 1.64. The summed E-state index contributed by atoms with van der Waals surface area (Å²) in [4.78, 5) is 0. The molecule has 0 bridgehead atoms. The van der Waals surface area contributed by atoms with Gasteiger partial charge in [-0.25, -0.2) is 0 Å². The van der Waals surface area contributed by atoms with Gasteiger partial charge in [0.2, 0.25) is 0 Å². The molecular weight excluding hydrogens is 206 g/mol. The van der Waals surface area contributed by atoms with Crippen LogP contribution in [0.25, 0.3) is 0 Å². The van der Waals surface area contributed by atoms with Gasteiger partial charge in [-0.05, 0) is 32.9 Å². The number of ether oxygens (including phenoxy) is 2. The first-order valence-electron chi connectivity index (χ1n) is 5.63. The van der Waals surface area contributed by atoms with Crippen LogP contribution in [0.4, 0.5) is 0 Å². The highest BCUT2D eigenvalue weighted by Crippen LogP contribution is 2.20. The van der Waals surface area contributed by atoms with Crippen molar-refractivity contribution in [3.8, 4) is 0 Å². The summed E-state index contributed by atoms with van der Waals surface area (Å²) >= 11 is 0. The van der Waals surface area contributed by atoms with Crippen molar-refractivity contribution in [3.05, 3.63) is 24.2 Å². The van der Waals surface area contributed by atoms with Gasteiger partial charge in [-0.2, -0.15) is 0 Å². The van der Waals surface area contributed by atoms with E-state index in [2.05, 4.69) is 0 Å². The Hall–Kier alpha value is -0.840. The van der Waals surface area contributed by atoms with Crippen LogP contribution in [0.5, 0.6) is 0 Å². The Bertz CT molecular complexity index is 270. The Morgan fingerprint density at radius 3 is 2.44 bits per heavy atom. The van der Waals surface area contributed by atoms with E-state index in [1.165, 1.54) is 0 Å². The van der Waals surface area contributed by atoms with Gasteiger partial charge >= 0.3 is 0 Å². The molecule has 92 valence electrons. The zero-order valence-corrected chi connectivity index (χ0v) is 10.2. The number of furan rings is 1. The van der Waals surface area contributed by atoms with Crippen LogP contribution in [0.2, 0.25) is 0 Å². The van der Waals surface area contributed by atoms with Crippen molar-refractivity contribution in [1.82, 2.24) is 0 Å². The van der Waals surface area contributed by atoms with Crippen LogP contribution in [0.1, 0.15) is 32.6 Å². The Morgan fingerprint density at radius 2 is 1.94 bits per heavy atom. The van der Waals surface area contributed by atoms with Crippen LogP contribution in [0.15, 0.2) is 22.8 Å². The fourth-order valence-corrected chi connectivity index (χ4v) is 1.41. The summed E-state index contributed by atoms with van der Waals surface area (Å²) in [6.45, 7) is 6.98. The van der Waals surface area contributed by atoms with Gasteiger partial charge in [-0.1, -0.05) is 0 Å². The van der Waals surface area contributed by atoms with Gasteiger partial charge in [0.1, 0.15) is 11.9 Å². The van der Waals surface area contributed by atoms with Crippen LogP contribution >= 0.6 is 0 Å².